The van der Waals surface area contributed by atoms with Crippen molar-refractivity contribution in [3.8, 4) is 0 Å². The van der Waals surface area contributed by atoms with Crippen LogP contribution in [0.15, 0.2) is 20.9 Å². The number of aliphatic hydroxyl groups is 1. The summed E-state index contributed by atoms with van der Waals surface area (Å²) in [5.41, 5.74) is 7.04. The number of nitrogens with one attached hydrogen (secondary N) is 1. The summed E-state index contributed by atoms with van der Waals surface area (Å²) < 4.78 is 51.2. The standard InChI is InChI=1S/C10H16N5O14P3/c1-5-3-15(9(18)12-8(5)17)10(13-14-11)2-6(16)7(27-10)4-26-31(22,23)29-32(24,25)28-30(19,20)21/h3,6-7,16H,2,4H2,1H3,(H,22,23)(H,24,25)(H,12,17,18)(H2,19,20,21)/t6-,7+,10-/m0/s1. The molecule has 1 fully saturated rings. The number of rotatable bonds is 9. The van der Waals surface area contributed by atoms with Crippen molar-refractivity contribution in [3.05, 3.63) is 43.0 Å². The van der Waals surface area contributed by atoms with E-state index in [0.29, 0.717) is 4.57 Å². The molecule has 1 aliphatic rings. The van der Waals surface area contributed by atoms with E-state index in [1.54, 1.807) is 0 Å². The molecular weight excluding hydrogens is 507 g/mol. The van der Waals surface area contributed by atoms with Gasteiger partial charge >= 0.3 is 29.2 Å². The van der Waals surface area contributed by atoms with E-state index in [4.69, 9.17) is 24.9 Å². The Bertz CT molecular complexity index is 1180. The predicted molar refractivity (Wildman–Crippen MR) is 98.5 cm³/mol. The fourth-order valence-corrected chi connectivity index (χ4v) is 5.58. The van der Waals surface area contributed by atoms with Crippen LogP contribution in [0.2, 0.25) is 0 Å². The lowest BCUT2D eigenvalue weighted by atomic mass is 10.1. The molecule has 0 bridgehead atoms. The predicted octanol–water partition coefficient (Wildman–Crippen LogP) is -0.741. The van der Waals surface area contributed by atoms with Gasteiger partial charge in [0.05, 0.1) is 12.7 Å². The Morgan fingerprint density at radius 1 is 1.28 bits per heavy atom. The van der Waals surface area contributed by atoms with Crippen molar-refractivity contribution in [3.63, 3.8) is 0 Å². The molecule has 6 N–H and O–H groups in total. The van der Waals surface area contributed by atoms with Gasteiger partial charge in [0.15, 0.2) is 0 Å². The summed E-state index contributed by atoms with van der Waals surface area (Å²) in [7, 11) is -16.9. The second-order valence-corrected chi connectivity index (χ2v) is 10.6. The van der Waals surface area contributed by atoms with Crippen LogP contribution in [0.5, 0.6) is 0 Å². The maximum absolute atomic E-state index is 12.2. The van der Waals surface area contributed by atoms with Crippen molar-refractivity contribution in [1.29, 1.82) is 0 Å². The summed E-state index contributed by atoms with van der Waals surface area (Å²) in [6, 6.07) is 0. The van der Waals surface area contributed by atoms with Crippen LogP contribution in [0.4, 0.5) is 0 Å². The van der Waals surface area contributed by atoms with Crippen molar-refractivity contribution in [2.24, 2.45) is 5.11 Å². The summed E-state index contributed by atoms with van der Waals surface area (Å²) in [5.74, 6) is -2.23. The number of H-pyrrole nitrogens is 1. The van der Waals surface area contributed by atoms with Gasteiger partial charge in [-0.25, -0.2) is 18.5 Å². The van der Waals surface area contributed by atoms with E-state index in [1.165, 1.54) is 6.92 Å². The van der Waals surface area contributed by atoms with E-state index < -0.39 is 65.8 Å². The molecule has 0 saturated carbocycles. The smallest absolute Gasteiger partial charge is 0.390 e. The Kier molecular flexibility index (Phi) is 7.71. The zero-order valence-corrected chi connectivity index (χ0v) is 18.4. The number of hydrogen-bond acceptors (Lipinski definition) is 11. The van der Waals surface area contributed by atoms with Crippen molar-refractivity contribution in [1.82, 2.24) is 9.55 Å². The number of ether oxygens (including phenoxy) is 1. The molecule has 0 spiro atoms. The molecule has 22 heteroatoms. The average Bonchev–Trinajstić information content (AvgIpc) is 2.90. The highest BCUT2D eigenvalue weighted by Gasteiger charge is 2.49. The van der Waals surface area contributed by atoms with Crippen LogP contribution >= 0.6 is 23.5 Å². The molecule has 19 nitrogen and oxygen atoms in total. The van der Waals surface area contributed by atoms with E-state index >= 15 is 0 Å². The van der Waals surface area contributed by atoms with Crippen LogP contribution in [0.3, 0.4) is 0 Å². The molecular formula is C10H16N5O14P3. The van der Waals surface area contributed by atoms with Crippen LogP contribution in [0, 0.1) is 6.92 Å². The molecule has 1 saturated heterocycles. The Hall–Kier alpha value is -1.68. The first-order valence-electron chi connectivity index (χ1n) is 8.03. The van der Waals surface area contributed by atoms with Gasteiger partial charge in [0.2, 0.25) is 5.85 Å². The molecule has 2 heterocycles. The quantitative estimate of drug-likeness (QED) is 0.101. The van der Waals surface area contributed by atoms with Gasteiger partial charge in [0, 0.05) is 23.1 Å². The summed E-state index contributed by atoms with van der Waals surface area (Å²) >= 11 is 0. The van der Waals surface area contributed by atoms with Gasteiger partial charge in [-0.15, -0.1) is 0 Å². The second kappa shape index (κ2) is 9.29. The molecule has 0 aromatic carbocycles. The monoisotopic (exact) mass is 523 g/mol. The Labute approximate surface area is 176 Å². The highest BCUT2D eigenvalue weighted by molar-refractivity contribution is 7.66. The molecule has 0 aliphatic carbocycles. The largest absolute Gasteiger partial charge is 0.490 e. The van der Waals surface area contributed by atoms with E-state index in [1.807, 2.05) is 4.98 Å². The van der Waals surface area contributed by atoms with Gasteiger partial charge in [-0.05, 0) is 17.6 Å². The van der Waals surface area contributed by atoms with E-state index in [2.05, 4.69) is 23.2 Å². The molecule has 0 amide bonds. The lowest BCUT2D eigenvalue weighted by Crippen LogP contribution is -2.43. The van der Waals surface area contributed by atoms with E-state index in [0.717, 1.165) is 6.20 Å². The lowest BCUT2D eigenvalue weighted by molar-refractivity contribution is -0.114. The third-order valence-electron chi connectivity index (χ3n) is 3.76. The molecule has 5 atom stereocenters. The SMILES string of the molecule is Cc1cn([C@@]2(N=[N+]=[N-])C[C@H](O)[C@@H](COP(=O)(O)OP(=O)(O)OP(=O)(O)O)O2)c(=O)[nH]c1=O. The molecule has 1 aromatic rings. The number of nitrogens with zero attached hydrogens (tertiary/aromatic N) is 4. The molecule has 0 radical (unpaired) electrons. The van der Waals surface area contributed by atoms with E-state index in [-0.39, 0.29) is 5.56 Å². The number of aliphatic hydroxyl groups excluding tert-OH is 1. The van der Waals surface area contributed by atoms with Crippen molar-refractivity contribution in [2.75, 3.05) is 6.61 Å². The minimum atomic E-state index is -5.76. The number of phosphoric ester groups is 1. The fourth-order valence-electron chi connectivity index (χ4n) is 2.55. The zero-order chi connectivity index (χ0) is 24.5. The number of azide groups is 1. The zero-order valence-electron chi connectivity index (χ0n) is 15.7. The molecule has 180 valence electrons. The van der Waals surface area contributed by atoms with Crippen LogP contribution in [0.1, 0.15) is 12.0 Å². The average molecular weight is 523 g/mol. The van der Waals surface area contributed by atoms with E-state index in [9.17, 15) is 33.3 Å². The minimum Gasteiger partial charge on any atom is -0.390 e. The third kappa shape index (κ3) is 6.66. The number of hydrogen-bond donors (Lipinski definition) is 6. The Morgan fingerprint density at radius 3 is 2.47 bits per heavy atom. The van der Waals surface area contributed by atoms with Crippen LogP contribution < -0.4 is 11.2 Å². The van der Waals surface area contributed by atoms with Gasteiger partial charge < -0.3 is 29.4 Å². The molecule has 2 unspecified atom stereocenters. The normalized spacial score (nSPS) is 27.3. The molecule has 1 aliphatic heterocycles. The maximum atomic E-state index is 12.2. The maximum Gasteiger partial charge on any atom is 0.490 e. The number of aromatic amines is 1. The van der Waals surface area contributed by atoms with Gasteiger partial charge in [0.25, 0.3) is 5.56 Å². The Morgan fingerprint density at radius 2 is 1.91 bits per heavy atom. The summed E-state index contributed by atoms with van der Waals surface area (Å²) in [4.78, 5) is 63.7. The fraction of sp³-hybridized carbons (Fsp3) is 0.600. The summed E-state index contributed by atoms with van der Waals surface area (Å²) in [6.07, 6.45) is -2.81. The van der Waals surface area contributed by atoms with Gasteiger partial charge in [-0.3, -0.25) is 18.9 Å². The third-order valence-corrected chi connectivity index (χ3v) is 7.56. The van der Waals surface area contributed by atoms with Crippen LogP contribution in [-0.2, 0) is 37.4 Å². The Balaban J connectivity index is 2.22. The summed E-state index contributed by atoms with van der Waals surface area (Å²) in [6.45, 7) is 0.251. The van der Waals surface area contributed by atoms with Crippen LogP contribution in [-0.4, -0.2) is 53.0 Å². The van der Waals surface area contributed by atoms with Crippen molar-refractivity contribution in [2.45, 2.75) is 31.4 Å². The second-order valence-electron chi connectivity index (χ2n) is 6.19. The minimum absolute atomic E-state index is 0.00641. The highest BCUT2D eigenvalue weighted by atomic mass is 31.3. The van der Waals surface area contributed by atoms with Gasteiger partial charge in [-0.1, -0.05) is 0 Å². The number of phosphoric acid groups is 3. The first-order valence-corrected chi connectivity index (χ1v) is 12.5. The molecule has 1 aromatic heterocycles. The molecule has 32 heavy (non-hydrogen) atoms. The number of aryl methyl sites for hydroxylation is 1. The first kappa shape index (κ1) is 26.6. The highest BCUT2D eigenvalue weighted by Crippen LogP contribution is 2.66. The topological polar surface area (TPSA) is 293 Å². The van der Waals surface area contributed by atoms with Crippen molar-refractivity contribution >= 4 is 23.5 Å². The lowest BCUT2D eigenvalue weighted by Gasteiger charge is -2.26. The number of aromatic nitrogens is 2. The molecule has 2 rings (SSSR count). The van der Waals surface area contributed by atoms with Crippen molar-refractivity contribution < 1.29 is 56.3 Å². The first-order chi connectivity index (χ1) is 14.5. The van der Waals surface area contributed by atoms with Crippen LogP contribution in [0.25, 0.3) is 10.4 Å². The summed E-state index contributed by atoms with van der Waals surface area (Å²) in [5, 5.41) is 13.5. The van der Waals surface area contributed by atoms with Gasteiger partial charge in [0.1, 0.15) is 6.10 Å². The van der Waals surface area contributed by atoms with Gasteiger partial charge in [-0.2, -0.15) is 8.62 Å².